The Labute approximate surface area is 184 Å². The predicted molar refractivity (Wildman–Crippen MR) is 117 cm³/mol. The van der Waals surface area contributed by atoms with E-state index in [0.717, 1.165) is 29.5 Å². The largest absolute Gasteiger partial charge is 0.351 e. The lowest BCUT2D eigenvalue weighted by atomic mass is 9.95. The molecule has 3 N–H and O–H groups in total. The van der Waals surface area contributed by atoms with Gasteiger partial charge in [-0.15, -0.1) is 11.3 Å². The summed E-state index contributed by atoms with van der Waals surface area (Å²) in [6, 6.07) is 3.27. The van der Waals surface area contributed by atoms with Gasteiger partial charge in [0.25, 0.3) is 5.91 Å². The molecule has 3 rings (SSSR count). The number of hydrogen-bond acceptors (Lipinski definition) is 4. The number of nitrogens with zero attached hydrogens (tertiary/aromatic N) is 1. The van der Waals surface area contributed by atoms with E-state index >= 15 is 0 Å². The zero-order valence-corrected chi connectivity index (χ0v) is 19.1. The van der Waals surface area contributed by atoms with E-state index in [-0.39, 0.29) is 23.9 Å². The van der Waals surface area contributed by atoms with Gasteiger partial charge in [0, 0.05) is 25.2 Å². The molecule has 2 heterocycles. The quantitative estimate of drug-likeness (QED) is 0.598. The molecule has 1 saturated carbocycles. The van der Waals surface area contributed by atoms with E-state index in [9.17, 15) is 14.4 Å². The molecule has 0 bridgehead atoms. The number of amides is 4. The lowest BCUT2D eigenvalue weighted by Crippen LogP contribution is -2.53. The van der Waals surface area contributed by atoms with Crippen LogP contribution in [0.1, 0.15) is 61.5 Å². The zero-order valence-electron chi connectivity index (χ0n) is 16.7. The van der Waals surface area contributed by atoms with Crippen molar-refractivity contribution in [2.24, 2.45) is 0 Å². The smallest absolute Gasteiger partial charge is 0.317 e. The van der Waals surface area contributed by atoms with Crippen LogP contribution in [0.25, 0.3) is 0 Å². The van der Waals surface area contributed by atoms with Crippen LogP contribution >= 0.6 is 27.3 Å². The van der Waals surface area contributed by atoms with Gasteiger partial charge in [0.1, 0.15) is 6.04 Å². The lowest BCUT2D eigenvalue weighted by molar-refractivity contribution is -0.123. The van der Waals surface area contributed by atoms with Crippen LogP contribution < -0.4 is 16.0 Å². The summed E-state index contributed by atoms with van der Waals surface area (Å²) in [7, 11) is 0. The molecule has 2 fully saturated rings. The standard InChI is InChI=1S/C20H29BrN4O3S/c1-13(22-19(27)16-7-8-17(21)29-16)18(26)23-15-9-11-25(12-10-15)20(28)24-14-5-3-2-4-6-14/h7-8,13-15H,2-6,9-12H2,1H3,(H,22,27)(H,23,26)(H,24,28). The first kappa shape index (κ1) is 22.1. The van der Waals surface area contributed by atoms with E-state index in [2.05, 4.69) is 31.9 Å². The summed E-state index contributed by atoms with van der Waals surface area (Å²) in [6.45, 7) is 2.95. The van der Waals surface area contributed by atoms with Crippen molar-refractivity contribution in [1.82, 2.24) is 20.9 Å². The first-order chi connectivity index (χ1) is 13.9. The summed E-state index contributed by atoms with van der Waals surface area (Å²) in [5, 5.41) is 8.89. The Morgan fingerprint density at radius 3 is 2.31 bits per heavy atom. The van der Waals surface area contributed by atoms with Crippen molar-refractivity contribution in [2.75, 3.05) is 13.1 Å². The van der Waals surface area contributed by atoms with Crippen LogP contribution in [-0.2, 0) is 4.79 Å². The Kier molecular flexibility index (Phi) is 7.94. The van der Waals surface area contributed by atoms with Crippen molar-refractivity contribution in [3.8, 4) is 0 Å². The van der Waals surface area contributed by atoms with Crippen LogP contribution in [0.5, 0.6) is 0 Å². The van der Waals surface area contributed by atoms with E-state index in [1.54, 1.807) is 13.0 Å². The third-order valence-electron chi connectivity index (χ3n) is 5.60. The SMILES string of the molecule is CC(NC(=O)c1ccc(Br)s1)C(=O)NC1CCN(C(=O)NC2CCCCC2)CC1. The summed E-state index contributed by atoms with van der Waals surface area (Å²) < 4.78 is 0.874. The van der Waals surface area contributed by atoms with E-state index in [1.807, 2.05) is 11.0 Å². The molecule has 4 amide bonds. The average molecular weight is 485 g/mol. The summed E-state index contributed by atoms with van der Waals surface area (Å²) in [5.41, 5.74) is 0. The first-order valence-electron chi connectivity index (χ1n) is 10.3. The van der Waals surface area contributed by atoms with Crippen LogP contribution in [0.4, 0.5) is 4.79 Å². The summed E-state index contributed by atoms with van der Waals surface area (Å²) >= 11 is 4.66. The zero-order chi connectivity index (χ0) is 20.8. The first-order valence-corrected chi connectivity index (χ1v) is 12.0. The average Bonchev–Trinajstić information content (AvgIpc) is 3.15. The van der Waals surface area contributed by atoms with Crippen LogP contribution in [0.3, 0.4) is 0 Å². The molecule has 1 aliphatic heterocycles. The van der Waals surface area contributed by atoms with Gasteiger partial charge in [-0.05, 0) is 60.7 Å². The number of urea groups is 1. The number of thiophene rings is 1. The molecule has 1 aromatic rings. The molecule has 1 aromatic heterocycles. The van der Waals surface area contributed by atoms with Crippen LogP contribution in [0.15, 0.2) is 15.9 Å². The second kappa shape index (κ2) is 10.4. The van der Waals surface area contributed by atoms with Crippen molar-refractivity contribution in [2.45, 2.75) is 70.0 Å². The number of halogens is 1. The van der Waals surface area contributed by atoms with Crippen molar-refractivity contribution < 1.29 is 14.4 Å². The van der Waals surface area contributed by atoms with Gasteiger partial charge >= 0.3 is 6.03 Å². The van der Waals surface area contributed by atoms with Crippen molar-refractivity contribution >= 4 is 45.1 Å². The van der Waals surface area contributed by atoms with Crippen molar-refractivity contribution in [3.63, 3.8) is 0 Å². The summed E-state index contributed by atoms with van der Waals surface area (Å²) in [6.07, 6.45) is 7.25. The van der Waals surface area contributed by atoms with E-state index < -0.39 is 6.04 Å². The fraction of sp³-hybridized carbons (Fsp3) is 0.650. The van der Waals surface area contributed by atoms with Gasteiger partial charge in [-0.1, -0.05) is 19.3 Å². The Bertz CT molecular complexity index is 727. The molecular weight excluding hydrogens is 456 g/mol. The Morgan fingerprint density at radius 2 is 1.69 bits per heavy atom. The number of carbonyl (C=O) groups is 3. The fourth-order valence-electron chi connectivity index (χ4n) is 3.84. The van der Waals surface area contributed by atoms with Crippen LogP contribution in [0.2, 0.25) is 0 Å². The Morgan fingerprint density at radius 1 is 1.03 bits per heavy atom. The molecule has 160 valence electrons. The van der Waals surface area contributed by atoms with Gasteiger partial charge < -0.3 is 20.9 Å². The molecule has 1 atom stereocenters. The highest BCUT2D eigenvalue weighted by molar-refractivity contribution is 9.11. The second-order valence-electron chi connectivity index (χ2n) is 7.85. The lowest BCUT2D eigenvalue weighted by Gasteiger charge is -2.34. The molecule has 7 nitrogen and oxygen atoms in total. The van der Waals surface area contributed by atoms with Gasteiger partial charge in [0.05, 0.1) is 8.66 Å². The normalized spacial score (nSPS) is 19.4. The second-order valence-corrected chi connectivity index (χ2v) is 10.3. The molecule has 0 spiro atoms. The third kappa shape index (κ3) is 6.44. The molecular formula is C20H29BrN4O3S. The van der Waals surface area contributed by atoms with E-state index in [0.29, 0.717) is 24.0 Å². The predicted octanol–water partition coefficient (Wildman–Crippen LogP) is 3.25. The minimum absolute atomic E-state index is 0.0180. The molecule has 1 aliphatic carbocycles. The van der Waals surface area contributed by atoms with E-state index in [4.69, 9.17) is 0 Å². The number of nitrogens with one attached hydrogen (secondary N) is 3. The topological polar surface area (TPSA) is 90.5 Å². The molecule has 29 heavy (non-hydrogen) atoms. The maximum absolute atomic E-state index is 12.4. The van der Waals surface area contributed by atoms with Crippen LogP contribution in [-0.4, -0.2) is 54.0 Å². The number of hydrogen-bond donors (Lipinski definition) is 3. The minimum Gasteiger partial charge on any atom is -0.351 e. The monoisotopic (exact) mass is 484 g/mol. The summed E-state index contributed by atoms with van der Waals surface area (Å²) in [5.74, 6) is -0.448. The number of piperidine rings is 1. The number of likely N-dealkylation sites (tertiary alicyclic amines) is 1. The molecule has 0 radical (unpaired) electrons. The Hall–Kier alpha value is -1.61. The van der Waals surface area contributed by atoms with Gasteiger partial charge in [-0.2, -0.15) is 0 Å². The van der Waals surface area contributed by atoms with E-state index in [1.165, 1.54) is 30.6 Å². The number of carbonyl (C=O) groups excluding carboxylic acids is 3. The highest BCUT2D eigenvalue weighted by atomic mass is 79.9. The third-order valence-corrected chi connectivity index (χ3v) is 7.22. The minimum atomic E-state index is -0.615. The molecule has 0 aromatic carbocycles. The van der Waals surface area contributed by atoms with Gasteiger partial charge in [0.15, 0.2) is 0 Å². The van der Waals surface area contributed by atoms with Crippen molar-refractivity contribution in [1.29, 1.82) is 0 Å². The maximum Gasteiger partial charge on any atom is 0.317 e. The maximum atomic E-state index is 12.4. The van der Waals surface area contributed by atoms with Gasteiger partial charge in [-0.25, -0.2) is 4.79 Å². The van der Waals surface area contributed by atoms with Crippen molar-refractivity contribution in [3.05, 3.63) is 20.8 Å². The fourth-order valence-corrected chi connectivity index (χ4v) is 5.12. The van der Waals surface area contributed by atoms with Gasteiger partial charge in [-0.3, -0.25) is 9.59 Å². The molecule has 1 saturated heterocycles. The summed E-state index contributed by atoms with van der Waals surface area (Å²) in [4.78, 5) is 39.5. The van der Waals surface area contributed by atoms with Crippen LogP contribution in [0, 0.1) is 0 Å². The molecule has 1 unspecified atom stereocenters. The molecule has 2 aliphatic rings. The molecule has 9 heteroatoms. The number of rotatable bonds is 5. The Balaban J connectivity index is 1.38. The highest BCUT2D eigenvalue weighted by Gasteiger charge is 2.27. The van der Waals surface area contributed by atoms with Gasteiger partial charge in [0.2, 0.25) is 5.91 Å². The highest BCUT2D eigenvalue weighted by Crippen LogP contribution is 2.22.